The van der Waals surface area contributed by atoms with E-state index in [1.165, 1.54) is 18.2 Å². The predicted octanol–water partition coefficient (Wildman–Crippen LogP) is 3.32. The summed E-state index contributed by atoms with van der Waals surface area (Å²) in [5, 5.41) is 2.68. The van der Waals surface area contributed by atoms with Crippen molar-refractivity contribution >= 4 is 23.2 Å². The van der Waals surface area contributed by atoms with Crippen molar-refractivity contribution in [1.29, 1.82) is 0 Å². The standard InChI is InChI=1S/C14H18ClFN2O/c1-4-18(8-10(2)3)9-14(19)17-11-5-6-13(16)12(15)7-11/h5-7H,2,4,8-9H2,1,3H3,(H,17,19). The zero-order valence-corrected chi connectivity index (χ0v) is 11.9. The average Bonchev–Trinajstić information content (AvgIpc) is 2.32. The summed E-state index contributed by atoms with van der Waals surface area (Å²) in [7, 11) is 0. The molecule has 1 aromatic rings. The third-order valence-corrected chi connectivity index (χ3v) is 2.80. The highest BCUT2D eigenvalue weighted by atomic mass is 35.5. The van der Waals surface area contributed by atoms with Crippen molar-refractivity contribution in [1.82, 2.24) is 4.90 Å². The predicted molar refractivity (Wildman–Crippen MR) is 77.0 cm³/mol. The van der Waals surface area contributed by atoms with E-state index >= 15 is 0 Å². The third kappa shape index (κ3) is 5.41. The molecule has 1 amide bonds. The van der Waals surface area contributed by atoms with E-state index < -0.39 is 5.82 Å². The van der Waals surface area contributed by atoms with Crippen LogP contribution in [0.5, 0.6) is 0 Å². The van der Waals surface area contributed by atoms with Gasteiger partial charge in [0.05, 0.1) is 11.6 Å². The molecule has 1 N–H and O–H groups in total. The zero-order chi connectivity index (χ0) is 14.4. The maximum absolute atomic E-state index is 13.0. The van der Waals surface area contributed by atoms with Crippen molar-refractivity contribution in [3.05, 3.63) is 41.2 Å². The van der Waals surface area contributed by atoms with Crippen molar-refractivity contribution in [2.75, 3.05) is 25.0 Å². The van der Waals surface area contributed by atoms with Gasteiger partial charge in [-0.3, -0.25) is 9.69 Å². The molecule has 5 heteroatoms. The number of anilines is 1. The van der Waals surface area contributed by atoms with Gasteiger partial charge in [0.25, 0.3) is 0 Å². The second-order valence-electron chi connectivity index (χ2n) is 4.44. The van der Waals surface area contributed by atoms with Crippen LogP contribution in [0.2, 0.25) is 5.02 Å². The molecule has 0 aromatic heterocycles. The average molecular weight is 285 g/mol. The van der Waals surface area contributed by atoms with Gasteiger partial charge in [0.1, 0.15) is 5.82 Å². The largest absolute Gasteiger partial charge is 0.325 e. The Kier molecular flexibility index (Phi) is 5.99. The Morgan fingerprint density at radius 1 is 1.47 bits per heavy atom. The van der Waals surface area contributed by atoms with Gasteiger partial charge in [-0.05, 0) is 31.7 Å². The Bertz CT molecular complexity index is 477. The van der Waals surface area contributed by atoms with Crippen LogP contribution < -0.4 is 5.32 Å². The Hall–Kier alpha value is -1.39. The van der Waals surface area contributed by atoms with Crippen molar-refractivity contribution < 1.29 is 9.18 Å². The fourth-order valence-electron chi connectivity index (χ4n) is 1.64. The van der Waals surface area contributed by atoms with Crippen molar-refractivity contribution in [2.24, 2.45) is 0 Å². The van der Waals surface area contributed by atoms with E-state index in [1.807, 2.05) is 18.7 Å². The first-order valence-corrected chi connectivity index (χ1v) is 6.41. The molecule has 0 aliphatic heterocycles. The van der Waals surface area contributed by atoms with Gasteiger partial charge in [-0.25, -0.2) is 4.39 Å². The molecular formula is C14H18ClFN2O. The van der Waals surface area contributed by atoms with Crippen molar-refractivity contribution in [3.8, 4) is 0 Å². The molecule has 0 spiro atoms. The van der Waals surface area contributed by atoms with Crippen LogP contribution >= 0.6 is 11.6 Å². The summed E-state index contributed by atoms with van der Waals surface area (Å²) in [5.41, 5.74) is 1.49. The second kappa shape index (κ2) is 7.26. The molecule has 0 radical (unpaired) electrons. The summed E-state index contributed by atoms with van der Waals surface area (Å²) in [4.78, 5) is 13.8. The van der Waals surface area contributed by atoms with Gasteiger partial charge in [0, 0.05) is 12.2 Å². The lowest BCUT2D eigenvalue weighted by Gasteiger charge is -2.19. The summed E-state index contributed by atoms with van der Waals surface area (Å²) < 4.78 is 13.0. The lowest BCUT2D eigenvalue weighted by Crippen LogP contribution is -2.34. The van der Waals surface area contributed by atoms with Gasteiger partial charge in [-0.15, -0.1) is 0 Å². The smallest absolute Gasteiger partial charge is 0.238 e. The summed E-state index contributed by atoms with van der Waals surface area (Å²) in [6, 6.07) is 4.10. The number of amides is 1. The van der Waals surface area contributed by atoms with Gasteiger partial charge in [0.15, 0.2) is 0 Å². The van der Waals surface area contributed by atoms with E-state index in [2.05, 4.69) is 11.9 Å². The lowest BCUT2D eigenvalue weighted by atomic mass is 10.3. The van der Waals surface area contributed by atoms with Crippen LogP contribution in [-0.4, -0.2) is 30.4 Å². The molecule has 0 aliphatic carbocycles. The molecule has 0 fully saturated rings. The topological polar surface area (TPSA) is 32.3 Å². The maximum atomic E-state index is 13.0. The molecule has 0 unspecified atom stereocenters. The number of benzene rings is 1. The van der Waals surface area contributed by atoms with Gasteiger partial charge >= 0.3 is 0 Å². The van der Waals surface area contributed by atoms with E-state index in [1.54, 1.807) is 0 Å². The van der Waals surface area contributed by atoms with Crippen LogP contribution in [0.4, 0.5) is 10.1 Å². The number of hydrogen-bond acceptors (Lipinski definition) is 2. The number of carbonyl (C=O) groups is 1. The first-order chi connectivity index (χ1) is 8.92. The molecule has 19 heavy (non-hydrogen) atoms. The van der Waals surface area contributed by atoms with Crippen LogP contribution in [0.15, 0.2) is 30.4 Å². The minimum absolute atomic E-state index is 0.00733. The van der Waals surface area contributed by atoms with Crippen LogP contribution in [0.3, 0.4) is 0 Å². The molecule has 1 rings (SSSR count). The molecule has 0 bridgehead atoms. The Morgan fingerprint density at radius 2 is 2.16 bits per heavy atom. The Labute approximate surface area is 118 Å². The van der Waals surface area contributed by atoms with E-state index in [0.717, 1.165) is 12.1 Å². The number of likely N-dealkylation sites (N-methyl/N-ethyl adjacent to an activating group) is 1. The summed E-state index contributed by atoms with van der Waals surface area (Å²) in [6.45, 7) is 9.41. The van der Waals surface area contributed by atoms with E-state index in [-0.39, 0.29) is 17.5 Å². The third-order valence-electron chi connectivity index (χ3n) is 2.51. The normalized spacial score (nSPS) is 10.6. The molecule has 0 saturated carbocycles. The van der Waals surface area contributed by atoms with E-state index in [9.17, 15) is 9.18 Å². The van der Waals surface area contributed by atoms with E-state index in [4.69, 9.17) is 11.6 Å². The molecule has 0 aliphatic rings. The van der Waals surface area contributed by atoms with E-state index in [0.29, 0.717) is 12.2 Å². The number of hydrogen-bond donors (Lipinski definition) is 1. The van der Waals surface area contributed by atoms with Gasteiger partial charge in [-0.2, -0.15) is 0 Å². The minimum atomic E-state index is -0.503. The lowest BCUT2D eigenvalue weighted by molar-refractivity contribution is -0.117. The minimum Gasteiger partial charge on any atom is -0.325 e. The second-order valence-corrected chi connectivity index (χ2v) is 4.84. The van der Waals surface area contributed by atoms with Crippen molar-refractivity contribution in [3.63, 3.8) is 0 Å². The fraction of sp³-hybridized carbons (Fsp3) is 0.357. The van der Waals surface area contributed by atoms with Crippen LogP contribution in [0.1, 0.15) is 13.8 Å². The monoisotopic (exact) mass is 284 g/mol. The van der Waals surface area contributed by atoms with Gasteiger partial charge < -0.3 is 5.32 Å². The zero-order valence-electron chi connectivity index (χ0n) is 11.2. The molecule has 0 heterocycles. The molecule has 3 nitrogen and oxygen atoms in total. The first kappa shape index (κ1) is 15.7. The van der Waals surface area contributed by atoms with Crippen LogP contribution in [0.25, 0.3) is 0 Å². The van der Waals surface area contributed by atoms with Gasteiger partial charge in [-0.1, -0.05) is 30.7 Å². The molecular weight excluding hydrogens is 267 g/mol. The number of nitrogens with zero attached hydrogens (tertiary/aromatic N) is 1. The summed E-state index contributed by atoms with van der Waals surface area (Å²) >= 11 is 5.65. The summed E-state index contributed by atoms with van der Waals surface area (Å²) in [5.74, 6) is -0.664. The highest BCUT2D eigenvalue weighted by molar-refractivity contribution is 6.31. The SMILES string of the molecule is C=C(C)CN(CC)CC(=O)Nc1ccc(F)c(Cl)c1. The molecule has 0 atom stereocenters. The number of rotatable bonds is 6. The van der Waals surface area contributed by atoms with Gasteiger partial charge in [0.2, 0.25) is 5.91 Å². The molecule has 104 valence electrons. The molecule has 0 saturated heterocycles. The Morgan fingerprint density at radius 3 is 2.68 bits per heavy atom. The van der Waals surface area contributed by atoms with Crippen LogP contribution in [-0.2, 0) is 4.79 Å². The van der Waals surface area contributed by atoms with Crippen molar-refractivity contribution in [2.45, 2.75) is 13.8 Å². The first-order valence-electron chi connectivity index (χ1n) is 6.04. The number of halogens is 2. The van der Waals surface area contributed by atoms with Crippen LogP contribution in [0, 0.1) is 5.82 Å². The quantitative estimate of drug-likeness (QED) is 0.813. The fourth-order valence-corrected chi connectivity index (χ4v) is 1.82. The summed E-state index contributed by atoms with van der Waals surface area (Å²) in [6.07, 6.45) is 0. The number of nitrogens with one attached hydrogen (secondary N) is 1. The maximum Gasteiger partial charge on any atom is 0.238 e. The highest BCUT2D eigenvalue weighted by Crippen LogP contribution is 2.19. The number of carbonyl (C=O) groups excluding carboxylic acids is 1. The molecule has 1 aromatic carbocycles. The Balaban J connectivity index is 2.58. The highest BCUT2D eigenvalue weighted by Gasteiger charge is 2.10.